The van der Waals surface area contributed by atoms with Crippen molar-refractivity contribution < 1.29 is 9.50 Å². The topological polar surface area (TPSA) is 33.1 Å². The first-order chi connectivity index (χ1) is 8.29. The van der Waals surface area contributed by atoms with Gasteiger partial charge in [-0.05, 0) is 49.6 Å². The predicted octanol–water partition coefficient (Wildman–Crippen LogP) is 3.72. The first kappa shape index (κ1) is 13.0. The van der Waals surface area contributed by atoms with Crippen LogP contribution < -0.4 is 0 Å². The fourth-order valence-corrected chi connectivity index (χ4v) is 2.02. The van der Waals surface area contributed by atoms with E-state index in [0.717, 1.165) is 16.8 Å². The maximum Gasteiger partial charge on any atom is 0.123 e. The summed E-state index contributed by atoms with van der Waals surface area (Å²) in [7, 11) is 0. The van der Waals surface area contributed by atoms with E-state index in [9.17, 15) is 9.50 Å². The quantitative estimate of drug-likeness (QED) is 0.877. The van der Waals surface area contributed by atoms with Gasteiger partial charge in [-0.15, -0.1) is 0 Å². The Labute approximate surface area is 106 Å². The van der Waals surface area contributed by atoms with Crippen molar-refractivity contribution in [1.29, 1.82) is 0 Å². The lowest BCUT2D eigenvalue weighted by molar-refractivity contribution is 0.0800. The lowest BCUT2D eigenvalue weighted by Gasteiger charge is -2.21. The van der Waals surface area contributed by atoms with E-state index < -0.39 is 5.60 Å². The van der Waals surface area contributed by atoms with Crippen LogP contribution in [0.2, 0.25) is 0 Å². The van der Waals surface area contributed by atoms with Gasteiger partial charge in [-0.2, -0.15) is 0 Å². The zero-order valence-corrected chi connectivity index (χ0v) is 11.2. The average Bonchev–Trinajstić information content (AvgIpc) is 2.26. The number of aliphatic hydroxyl groups is 1. The number of rotatable bonds is 2. The highest BCUT2D eigenvalue weighted by Crippen LogP contribution is 2.30. The molecular formula is C15H18FNO. The van der Waals surface area contributed by atoms with E-state index in [-0.39, 0.29) is 11.7 Å². The Morgan fingerprint density at radius 2 is 1.89 bits per heavy atom. The van der Waals surface area contributed by atoms with Crippen molar-refractivity contribution in [3.05, 3.63) is 41.3 Å². The molecule has 1 aromatic heterocycles. The van der Waals surface area contributed by atoms with Gasteiger partial charge in [-0.25, -0.2) is 4.39 Å². The molecule has 0 aliphatic carbocycles. The molecule has 0 aliphatic heterocycles. The van der Waals surface area contributed by atoms with Gasteiger partial charge in [0.15, 0.2) is 0 Å². The Balaban J connectivity index is 2.82. The molecule has 0 saturated heterocycles. The normalized spacial score (nSPS) is 12.4. The Morgan fingerprint density at radius 3 is 2.44 bits per heavy atom. The van der Waals surface area contributed by atoms with Crippen LogP contribution in [0.1, 0.15) is 44.9 Å². The molecular weight excluding hydrogens is 229 g/mol. The second-order valence-electron chi connectivity index (χ2n) is 5.47. The first-order valence-electron chi connectivity index (χ1n) is 6.12. The molecule has 0 saturated carbocycles. The molecule has 2 aromatic rings. The van der Waals surface area contributed by atoms with Gasteiger partial charge in [-0.1, -0.05) is 13.8 Å². The molecule has 3 heteroatoms. The fraction of sp³-hybridized carbons (Fsp3) is 0.400. The van der Waals surface area contributed by atoms with Crippen LogP contribution in [0.25, 0.3) is 10.9 Å². The predicted molar refractivity (Wildman–Crippen MR) is 71.0 cm³/mol. The monoisotopic (exact) mass is 247 g/mol. The molecule has 0 bridgehead atoms. The second kappa shape index (κ2) is 4.32. The van der Waals surface area contributed by atoms with Gasteiger partial charge in [0.2, 0.25) is 0 Å². The summed E-state index contributed by atoms with van der Waals surface area (Å²) in [6.07, 6.45) is 0. The number of hydrogen-bond donors (Lipinski definition) is 1. The summed E-state index contributed by atoms with van der Waals surface area (Å²) in [5.74, 6) is -0.0485. The number of hydrogen-bond acceptors (Lipinski definition) is 2. The van der Waals surface area contributed by atoms with E-state index >= 15 is 0 Å². The van der Waals surface area contributed by atoms with Crippen molar-refractivity contribution in [3.8, 4) is 0 Å². The molecule has 0 aliphatic rings. The lowest BCUT2D eigenvalue weighted by Crippen LogP contribution is -2.17. The summed E-state index contributed by atoms with van der Waals surface area (Å²) in [5, 5.41) is 10.9. The minimum absolute atomic E-state index is 0.264. The van der Waals surface area contributed by atoms with E-state index in [4.69, 9.17) is 0 Å². The van der Waals surface area contributed by atoms with Gasteiger partial charge in [0, 0.05) is 11.1 Å². The van der Waals surface area contributed by atoms with Crippen molar-refractivity contribution >= 4 is 10.9 Å². The van der Waals surface area contributed by atoms with Crippen LogP contribution in [0.15, 0.2) is 24.3 Å². The van der Waals surface area contributed by atoms with Crippen LogP contribution in [0.3, 0.4) is 0 Å². The SMILES string of the molecule is CC(C)c1cc(C(C)(C)O)c2cc(F)ccc2n1. The smallest absolute Gasteiger partial charge is 0.123 e. The molecule has 1 N–H and O–H groups in total. The number of halogens is 1. The first-order valence-corrected chi connectivity index (χ1v) is 6.12. The van der Waals surface area contributed by atoms with Gasteiger partial charge in [-0.3, -0.25) is 4.98 Å². The van der Waals surface area contributed by atoms with Crippen LogP contribution in [-0.2, 0) is 5.60 Å². The van der Waals surface area contributed by atoms with Crippen LogP contribution in [0.5, 0.6) is 0 Å². The van der Waals surface area contributed by atoms with Crippen molar-refractivity contribution in [3.63, 3.8) is 0 Å². The summed E-state index contributed by atoms with van der Waals surface area (Å²) < 4.78 is 13.4. The van der Waals surface area contributed by atoms with Crippen molar-refractivity contribution in [2.45, 2.75) is 39.2 Å². The molecule has 0 unspecified atom stereocenters. The van der Waals surface area contributed by atoms with E-state index in [0.29, 0.717) is 5.39 Å². The van der Waals surface area contributed by atoms with Gasteiger partial charge in [0.1, 0.15) is 5.82 Å². The molecule has 1 heterocycles. The Kier molecular flexibility index (Phi) is 3.11. The standard InChI is InChI=1S/C15H18FNO/c1-9(2)14-8-12(15(3,4)18)11-7-10(16)5-6-13(11)17-14/h5-9,18H,1-4H3. The molecule has 0 radical (unpaired) electrons. The molecule has 18 heavy (non-hydrogen) atoms. The van der Waals surface area contributed by atoms with E-state index in [1.165, 1.54) is 12.1 Å². The zero-order valence-electron chi connectivity index (χ0n) is 11.2. The number of fused-ring (bicyclic) bond motifs is 1. The molecule has 2 nitrogen and oxygen atoms in total. The third kappa shape index (κ3) is 2.36. The van der Waals surface area contributed by atoms with Crippen LogP contribution in [-0.4, -0.2) is 10.1 Å². The van der Waals surface area contributed by atoms with E-state index in [2.05, 4.69) is 4.98 Å². The van der Waals surface area contributed by atoms with Crippen LogP contribution >= 0.6 is 0 Å². The summed E-state index contributed by atoms with van der Waals surface area (Å²) in [4.78, 5) is 4.51. The van der Waals surface area contributed by atoms with Crippen molar-refractivity contribution in [2.75, 3.05) is 0 Å². The van der Waals surface area contributed by atoms with Gasteiger partial charge in [0.25, 0.3) is 0 Å². The second-order valence-corrected chi connectivity index (χ2v) is 5.47. The molecule has 0 spiro atoms. The molecule has 96 valence electrons. The van der Waals surface area contributed by atoms with E-state index in [1.54, 1.807) is 19.9 Å². The van der Waals surface area contributed by atoms with Crippen LogP contribution in [0, 0.1) is 5.82 Å². The summed E-state index contributed by atoms with van der Waals surface area (Å²) >= 11 is 0. The largest absolute Gasteiger partial charge is 0.386 e. The highest BCUT2D eigenvalue weighted by molar-refractivity contribution is 5.83. The minimum Gasteiger partial charge on any atom is -0.386 e. The number of aromatic nitrogens is 1. The maximum absolute atomic E-state index is 13.4. The molecule has 2 rings (SSSR count). The van der Waals surface area contributed by atoms with Gasteiger partial charge >= 0.3 is 0 Å². The Morgan fingerprint density at radius 1 is 1.22 bits per heavy atom. The lowest BCUT2D eigenvalue weighted by atomic mass is 9.92. The van der Waals surface area contributed by atoms with Crippen molar-refractivity contribution in [2.24, 2.45) is 0 Å². The molecule has 0 atom stereocenters. The number of nitrogens with zero attached hydrogens (tertiary/aromatic N) is 1. The van der Waals surface area contributed by atoms with Gasteiger partial charge < -0.3 is 5.11 Å². The molecule has 0 fully saturated rings. The fourth-order valence-electron chi connectivity index (χ4n) is 2.02. The molecule has 0 amide bonds. The summed E-state index contributed by atoms with van der Waals surface area (Å²) in [5.41, 5.74) is 1.33. The Bertz CT molecular complexity index is 585. The van der Waals surface area contributed by atoms with Crippen LogP contribution in [0.4, 0.5) is 4.39 Å². The number of pyridine rings is 1. The highest BCUT2D eigenvalue weighted by atomic mass is 19.1. The Hall–Kier alpha value is -1.48. The van der Waals surface area contributed by atoms with Gasteiger partial charge in [0.05, 0.1) is 11.1 Å². The summed E-state index contributed by atoms with van der Waals surface area (Å²) in [6.45, 7) is 7.51. The van der Waals surface area contributed by atoms with E-state index in [1.807, 2.05) is 19.9 Å². The number of benzene rings is 1. The van der Waals surface area contributed by atoms with Crippen molar-refractivity contribution in [1.82, 2.24) is 4.98 Å². The summed E-state index contributed by atoms with van der Waals surface area (Å²) in [6, 6.07) is 6.35. The average molecular weight is 247 g/mol. The maximum atomic E-state index is 13.4. The highest BCUT2D eigenvalue weighted by Gasteiger charge is 2.21. The zero-order chi connectivity index (χ0) is 13.5. The third-order valence-electron chi connectivity index (χ3n) is 3.04. The third-order valence-corrected chi connectivity index (χ3v) is 3.04. The molecule has 1 aromatic carbocycles. The minimum atomic E-state index is -1.02.